The highest BCUT2D eigenvalue weighted by atomic mass is 32.1. The Bertz CT molecular complexity index is 382. The summed E-state index contributed by atoms with van der Waals surface area (Å²) < 4.78 is 0. The second kappa shape index (κ2) is 5.54. The van der Waals surface area contributed by atoms with Crippen molar-refractivity contribution in [3.63, 3.8) is 0 Å². The molecule has 0 aliphatic carbocycles. The van der Waals surface area contributed by atoms with Gasteiger partial charge in [-0.3, -0.25) is 4.79 Å². The quantitative estimate of drug-likeness (QED) is 0.902. The van der Waals surface area contributed by atoms with Gasteiger partial charge in [-0.2, -0.15) is 11.3 Å². The SMILES string of the molecule is CC(C)(C)N[C@@H](Cc1ccsc1)C(=O)C(C)(C)C. The van der Waals surface area contributed by atoms with Crippen molar-refractivity contribution in [1.29, 1.82) is 0 Å². The van der Waals surface area contributed by atoms with Crippen LogP contribution in [0, 0.1) is 5.41 Å². The molecule has 2 nitrogen and oxygen atoms in total. The summed E-state index contributed by atoms with van der Waals surface area (Å²) in [5.41, 5.74) is 0.875. The van der Waals surface area contributed by atoms with E-state index in [0.717, 1.165) is 6.42 Å². The molecule has 0 saturated carbocycles. The molecule has 1 N–H and O–H groups in total. The topological polar surface area (TPSA) is 29.1 Å². The van der Waals surface area contributed by atoms with E-state index in [-0.39, 0.29) is 22.8 Å². The third-order valence-electron chi connectivity index (χ3n) is 2.68. The van der Waals surface area contributed by atoms with Crippen LogP contribution in [-0.2, 0) is 11.2 Å². The van der Waals surface area contributed by atoms with Gasteiger partial charge in [0.2, 0.25) is 0 Å². The van der Waals surface area contributed by atoms with Crippen molar-refractivity contribution in [3.8, 4) is 0 Å². The zero-order chi connectivity index (χ0) is 14.0. The second-order valence-corrected chi connectivity index (χ2v) is 7.68. The summed E-state index contributed by atoms with van der Waals surface area (Å²) in [7, 11) is 0. The number of carbonyl (C=O) groups excluding carboxylic acids is 1. The third-order valence-corrected chi connectivity index (χ3v) is 3.41. The minimum atomic E-state index is -0.307. The molecule has 0 aliphatic rings. The van der Waals surface area contributed by atoms with Crippen LogP contribution in [0.3, 0.4) is 0 Å². The van der Waals surface area contributed by atoms with Crippen molar-refractivity contribution < 1.29 is 4.79 Å². The average molecular weight is 267 g/mol. The van der Waals surface area contributed by atoms with Crippen LogP contribution in [0.2, 0.25) is 0 Å². The number of carbonyl (C=O) groups is 1. The van der Waals surface area contributed by atoms with Crippen LogP contribution in [0.15, 0.2) is 16.8 Å². The van der Waals surface area contributed by atoms with Crippen molar-refractivity contribution >= 4 is 17.1 Å². The van der Waals surface area contributed by atoms with Gasteiger partial charge in [-0.1, -0.05) is 20.8 Å². The maximum absolute atomic E-state index is 12.5. The number of nitrogens with one attached hydrogen (secondary N) is 1. The van der Waals surface area contributed by atoms with E-state index in [0.29, 0.717) is 0 Å². The first kappa shape index (κ1) is 15.4. The Labute approximate surface area is 115 Å². The highest BCUT2D eigenvalue weighted by Gasteiger charge is 2.31. The maximum atomic E-state index is 12.5. The molecule has 18 heavy (non-hydrogen) atoms. The van der Waals surface area contributed by atoms with Crippen LogP contribution >= 0.6 is 11.3 Å². The zero-order valence-electron chi connectivity index (χ0n) is 12.3. The minimum absolute atomic E-state index is 0.0540. The molecule has 1 aromatic rings. The lowest BCUT2D eigenvalue weighted by atomic mass is 9.83. The fourth-order valence-corrected chi connectivity index (χ4v) is 2.58. The van der Waals surface area contributed by atoms with E-state index in [2.05, 4.69) is 42.9 Å². The van der Waals surface area contributed by atoms with Gasteiger partial charge in [0.05, 0.1) is 6.04 Å². The molecule has 102 valence electrons. The lowest BCUT2D eigenvalue weighted by molar-refractivity contribution is -0.128. The number of hydrogen-bond donors (Lipinski definition) is 1. The predicted molar refractivity (Wildman–Crippen MR) is 79.2 cm³/mol. The molecular weight excluding hydrogens is 242 g/mol. The van der Waals surface area contributed by atoms with E-state index < -0.39 is 0 Å². The Morgan fingerprint density at radius 2 is 1.89 bits per heavy atom. The van der Waals surface area contributed by atoms with Crippen molar-refractivity contribution in [3.05, 3.63) is 22.4 Å². The highest BCUT2D eigenvalue weighted by Crippen LogP contribution is 2.21. The molecule has 1 atom stereocenters. The van der Waals surface area contributed by atoms with Crippen molar-refractivity contribution in [2.24, 2.45) is 5.41 Å². The van der Waals surface area contributed by atoms with Crippen LogP contribution in [0.25, 0.3) is 0 Å². The molecule has 0 saturated heterocycles. The van der Waals surface area contributed by atoms with Gasteiger partial charge in [-0.05, 0) is 49.6 Å². The normalized spacial score (nSPS) is 14.6. The summed E-state index contributed by atoms with van der Waals surface area (Å²) >= 11 is 1.68. The van der Waals surface area contributed by atoms with Gasteiger partial charge in [-0.15, -0.1) is 0 Å². The van der Waals surface area contributed by atoms with Gasteiger partial charge < -0.3 is 5.32 Å². The van der Waals surface area contributed by atoms with E-state index >= 15 is 0 Å². The van der Waals surface area contributed by atoms with Crippen LogP contribution in [0.5, 0.6) is 0 Å². The van der Waals surface area contributed by atoms with E-state index in [1.165, 1.54) is 5.56 Å². The monoisotopic (exact) mass is 267 g/mol. The van der Waals surface area contributed by atoms with Crippen LogP contribution in [0.1, 0.15) is 47.1 Å². The first-order valence-corrected chi connectivity index (χ1v) is 7.37. The Hall–Kier alpha value is -0.670. The molecule has 1 rings (SSSR count). The molecule has 0 unspecified atom stereocenters. The van der Waals surface area contributed by atoms with Gasteiger partial charge in [-0.25, -0.2) is 0 Å². The number of thiophene rings is 1. The number of rotatable bonds is 4. The summed E-state index contributed by atoms with van der Waals surface area (Å²) in [6.07, 6.45) is 0.775. The first-order chi connectivity index (χ1) is 8.09. The molecular formula is C15H25NOS. The third kappa shape index (κ3) is 4.91. The molecule has 0 aromatic carbocycles. The second-order valence-electron chi connectivity index (χ2n) is 6.90. The largest absolute Gasteiger partial charge is 0.302 e. The number of Topliss-reactive ketones (excluding diaryl/α,β-unsaturated/α-hetero) is 1. The van der Waals surface area contributed by atoms with Crippen molar-refractivity contribution in [1.82, 2.24) is 5.32 Å². The molecule has 0 amide bonds. The first-order valence-electron chi connectivity index (χ1n) is 6.43. The highest BCUT2D eigenvalue weighted by molar-refractivity contribution is 7.07. The lowest BCUT2D eigenvalue weighted by Gasteiger charge is -2.31. The molecule has 3 heteroatoms. The maximum Gasteiger partial charge on any atom is 0.155 e. The van der Waals surface area contributed by atoms with E-state index in [9.17, 15) is 4.79 Å². The predicted octanol–water partition coefficient (Wildman–Crippen LogP) is 3.66. The van der Waals surface area contributed by atoms with Gasteiger partial charge >= 0.3 is 0 Å². The van der Waals surface area contributed by atoms with E-state index in [4.69, 9.17) is 0 Å². The minimum Gasteiger partial charge on any atom is -0.302 e. The summed E-state index contributed by atoms with van der Waals surface area (Å²) in [4.78, 5) is 12.5. The molecule has 1 aromatic heterocycles. The fraction of sp³-hybridized carbons (Fsp3) is 0.667. The summed E-state index contributed by atoms with van der Waals surface area (Å²) in [5.74, 6) is 0.281. The molecule has 0 fully saturated rings. The Morgan fingerprint density at radius 1 is 1.28 bits per heavy atom. The average Bonchev–Trinajstić information content (AvgIpc) is 2.64. The standard InChI is InChI=1S/C15H25NOS/c1-14(2,3)13(17)12(16-15(4,5)6)9-11-7-8-18-10-11/h7-8,10,12,16H,9H2,1-6H3/t12-/m0/s1. The molecule has 1 heterocycles. The lowest BCUT2D eigenvalue weighted by Crippen LogP contribution is -2.51. The van der Waals surface area contributed by atoms with Crippen LogP contribution in [-0.4, -0.2) is 17.4 Å². The summed E-state index contributed by atoms with van der Waals surface area (Å²) in [5, 5.41) is 7.63. The molecule has 0 radical (unpaired) electrons. The Balaban J connectivity index is 2.85. The number of hydrogen-bond acceptors (Lipinski definition) is 3. The summed E-state index contributed by atoms with van der Waals surface area (Å²) in [6, 6.07) is 1.98. The van der Waals surface area contributed by atoms with Crippen LogP contribution in [0.4, 0.5) is 0 Å². The Kier molecular flexibility index (Phi) is 4.73. The Morgan fingerprint density at radius 3 is 2.28 bits per heavy atom. The molecule has 0 bridgehead atoms. The van der Waals surface area contributed by atoms with Gasteiger partial charge in [0, 0.05) is 11.0 Å². The van der Waals surface area contributed by atoms with E-state index in [1.54, 1.807) is 11.3 Å². The van der Waals surface area contributed by atoms with Gasteiger partial charge in [0.15, 0.2) is 5.78 Å². The molecule has 0 aliphatic heterocycles. The van der Waals surface area contributed by atoms with Gasteiger partial charge in [0.25, 0.3) is 0 Å². The summed E-state index contributed by atoms with van der Waals surface area (Å²) in [6.45, 7) is 12.3. The van der Waals surface area contributed by atoms with Gasteiger partial charge in [0.1, 0.15) is 0 Å². The van der Waals surface area contributed by atoms with Crippen molar-refractivity contribution in [2.75, 3.05) is 0 Å². The number of ketones is 1. The van der Waals surface area contributed by atoms with Crippen molar-refractivity contribution in [2.45, 2.75) is 59.5 Å². The van der Waals surface area contributed by atoms with Crippen LogP contribution < -0.4 is 5.32 Å². The van der Waals surface area contributed by atoms with E-state index in [1.807, 2.05) is 20.8 Å². The molecule has 0 spiro atoms. The smallest absolute Gasteiger partial charge is 0.155 e. The fourth-order valence-electron chi connectivity index (χ4n) is 1.90. The zero-order valence-corrected chi connectivity index (χ0v) is 13.1.